The predicted molar refractivity (Wildman–Crippen MR) is 113 cm³/mol. The number of anilines is 2. The fourth-order valence-electron chi connectivity index (χ4n) is 3.31. The first-order valence-electron chi connectivity index (χ1n) is 8.76. The molecule has 1 aliphatic heterocycles. The molecule has 0 bridgehead atoms. The van der Waals surface area contributed by atoms with Gasteiger partial charge in [-0.2, -0.15) is 0 Å². The second-order valence-corrected chi connectivity index (χ2v) is 6.52. The molecule has 2 N–H and O–H groups in total. The van der Waals surface area contributed by atoms with Gasteiger partial charge in [-0.05, 0) is 47.9 Å². The third-order valence-corrected chi connectivity index (χ3v) is 4.70. The highest BCUT2D eigenvalue weighted by molar-refractivity contribution is 5.85. The van der Waals surface area contributed by atoms with Crippen molar-refractivity contribution in [3.05, 3.63) is 59.4 Å². The molecular weight excluding hydrogens is 372 g/mol. The zero-order chi connectivity index (χ0) is 16.9. The van der Waals surface area contributed by atoms with E-state index in [2.05, 4.69) is 34.9 Å². The second-order valence-electron chi connectivity index (χ2n) is 6.52. The largest absolute Gasteiger partial charge is 0.398 e. The summed E-state index contributed by atoms with van der Waals surface area (Å²) in [6.45, 7) is 7.06. The molecule has 0 saturated carbocycles. The lowest BCUT2D eigenvalue weighted by Gasteiger charge is -2.36. The maximum absolute atomic E-state index is 13.0. The number of hydrogen-bond acceptors (Lipinski definition) is 3. The highest BCUT2D eigenvalue weighted by Crippen LogP contribution is 2.20. The molecule has 1 saturated heterocycles. The van der Waals surface area contributed by atoms with E-state index in [1.54, 1.807) is 0 Å². The number of halogens is 3. The molecule has 2 aromatic rings. The van der Waals surface area contributed by atoms with E-state index in [4.69, 9.17) is 5.73 Å². The van der Waals surface area contributed by atoms with Gasteiger partial charge in [0.05, 0.1) is 0 Å². The van der Waals surface area contributed by atoms with Crippen molar-refractivity contribution in [1.29, 1.82) is 0 Å². The number of piperazine rings is 1. The van der Waals surface area contributed by atoms with Crippen LogP contribution in [0, 0.1) is 5.82 Å². The van der Waals surface area contributed by atoms with E-state index in [-0.39, 0.29) is 30.6 Å². The Morgan fingerprint density at radius 2 is 1.62 bits per heavy atom. The van der Waals surface area contributed by atoms with E-state index in [1.807, 2.05) is 12.1 Å². The minimum absolute atomic E-state index is 0. The van der Waals surface area contributed by atoms with Crippen LogP contribution in [0.3, 0.4) is 0 Å². The number of hydrogen-bond donors (Lipinski definition) is 1. The van der Waals surface area contributed by atoms with Gasteiger partial charge in [0, 0.05) is 44.1 Å². The number of nitrogens with zero attached hydrogens (tertiary/aromatic N) is 2. The van der Waals surface area contributed by atoms with E-state index in [0.717, 1.165) is 56.9 Å². The molecule has 0 radical (unpaired) electrons. The summed E-state index contributed by atoms with van der Waals surface area (Å²) in [5.41, 5.74) is 10.7. The summed E-state index contributed by atoms with van der Waals surface area (Å²) >= 11 is 0. The van der Waals surface area contributed by atoms with Crippen LogP contribution >= 0.6 is 24.8 Å². The van der Waals surface area contributed by atoms with Crippen LogP contribution in [0.1, 0.15) is 24.5 Å². The Bertz CT molecular complexity index is 671. The van der Waals surface area contributed by atoms with Crippen molar-refractivity contribution < 1.29 is 4.39 Å². The summed E-state index contributed by atoms with van der Waals surface area (Å²) in [6, 6.07) is 13.3. The van der Waals surface area contributed by atoms with Crippen LogP contribution in [0.4, 0.5) is 15.8 Å². The van der Waals surface area contributed by atoms with Crippen molar-refractivity contribution in [2.45, 2.75) is 26.3 Å². The molecule has 1 fully saturated rings. The monoisotopic (exact) mass is 399 g/mol. The van der Waals surface area contributed by atoms with E-state index in [9.17, 15) is 4.39 Å². The highest BCUT2D eigenvalue weighted by atomic mass is 35.5. The molecule has 0 aromatic heterocycles. The standard InChI is InChI=1S/C20H26FN3.2ClH/c1-2-3-17-5-4-16(14-20(17)22)15-23-10-12-24(13-11-23)19-8-6-18(21)7-9-19;;/h4-9,14H,2-3,10-13,15,22H2,1H3;2*1H. The van der Waals surface area contributed by atoms with E-state index >= 15 is 0 Å². The van der Waals surface area contributed by atoms with Crippen LogP contribution in [0.5, 0.6) is 0 Å². The number of nitrogen functional groups attached to an aromatic ring is 1. The molecule has 26 heavy (non-hydrogen) atoms. The lowest BCUT2D eigenvalue weighted by molar-refractivity contribution is 0.250. The fraction of sp³-hybridized carbons (Fsp3) is 0.400. The Morgan fingerprint density at radius 1 is 0.962 bits per heavy atom. The fourth-order valence-corrected chi connectivity index (χ4v) is 3.31. The zero-order valence-electron chi connectivity index (χ0n) is 15.2. The van der Waals surface area contributed by atoms with Gasteiger partial charge in [-0.3, -0.25) is 4.90 Å². The lowest BCUT2D eigenvalue weighted by atomic mass is 10.0. The number of rotatable bonds is 5. The van der Waals surface area contributed by atoms with Crippen LogP contribution in [-0.4, -0.2) is 31.1 Å². The van der Waals surface area contributed by atoms with Crippen molar-refractivity contribution in [2.75, 3.05) is 36.8 Å². The van der Waals surface area contributed by atoms with Crippen molar-refractivity contribution >= 4 is 36.2 Å². The number of nitrogens with two attached hydrogens (primary N) is 1. The van der Waals surface area contributed by atoms with Gasteiger partial charge in [0.1, 0.15) is 5.82 Å². The van der Waals surface area contributed by atoms with Crippen LogP contribution in [0.25, 0.3) is 0 Å². The molecule has 0 spiro atoms. The molecule has 6 heteroatoms. The van der Waals surface area contributed by atoms with Gasteiger partial charge < -0.3 is 10.6 Å². The molecule has 0 unspecified atom stereocenters. The molecule has 0 amide bonds. The minimum Gasteiger partial charge on any atom is -0.398 e. The molecule has 1 aliphatic rings. The maximum atomic E-state index is 13.0. The Hall–Kier alpha value is -1.49. The van der Waals surface area contributed by atoms with Gasteiger partial charge in [0.2, 0.25) is 0 Å². The Morgan fingerprint density at radius 3 is 2.19 bits per heavy atom. The SMILES string of the molecule is CCCc1ccc(CN2CCN(c3ccc(F)cc3)CC2)cc1N.Cl.Cl. The average Bonchev–Trinajstić information content (AvgIpc) is 2.59. The molecular formula is C20H28Cl2FN3. The van der Waals surface area contributed by atoms with Gasteiger partial charge in [0.25, 0.3) is 0 Å². The topological polar surface area (TPSA) is 32.5 Å². The molecule has 144 valence electrons. The summed E-state index contributed by atoms with van der Waals surface area (Å²) in [5.74, 6) is -0.179. The summed E-state index contributed by atoms with van der Waals surface area (Å²) in [6.07, 6.45) is 2.16. The summed E-state index contributed by atoms with van der Waals surface area (Å²) in [4.78, 5) is 4.77. The maximum Gasteiger partial charge on any atom is 0.123 e. The van der Waals surface area contributed by atoms with E-state index in [0.29, 0.717) is 0 Å². The van der Waals surface area contributed by atoms with Crippen molar-refractivity contribution in [1.82, 2.24) is 4.90 Å². The first-order valence-corrected chi connectivity index (χ1v) is 8.76. The normalized spacial score (nSPS) is 14.5. The highest BCUT2D eigenvalue weighted by Gasteiger charge is 2.17. The van der Waals surface area contributed by atoms with E-state index < -0.39 is 0 Å². The predicted octanol–water partition coefficient (Wildman–Crippen LogP) is 4.53. The van der Waals surface area contributed by atoms with E-state index in [1.165, 1.54) is 23.3 Å². The van der Waals surface area contributed by atoms with Gasteiger partial charge >= 0.3 is 0 Å². The van der Waals surface area contributed by atoms with Crippen LogP contribution in [0.15, 0.2) is 42.5 Å². The van der Waals surface area contributed by atoms with Crippen LogP contribution in [-0.2, 0) is 13.0 Å². The van der Waals surface area contributed by atoms with Crippen molar-refractivity contribution in [3.8, 4) is 0 Å². The second kappa shape index (κ2) is 10.6. The first-order chi connectivity index (χ1) is 11.7. The molecule has 0 atom stereocenters. The molecule has 1 heterocycles. The smallest absolute Gasteiger partial charge is 0.123 e. The summed E-state index contributed by atoms with van der Waals surface area (Å²) < 4.78 is 13.0. The van der Waals surface area contributed by atoms with Gasteiger partial charge in [0.15, 0.2) is 0 Å². The molecule has 3 rings (SSSR count). The van der Waals surface area contributed by atoms with Gasteiger partial charge in [-0.15, -0.1) is 24.8 Å². The minimum atomic E-state index is -0.179. The van der Waals surface area contributed by atoms with Crippen molar-refractivity contribution in [3.63, 3.8) is 0 Å². The van der Waals surface area contributed by atoms with Crippen LogP contribution < -0.4 is 10.6 Å². The lowest BCUT2D eigenvalue weighted by Crippen LogP contribution is -2.45. The first kappa shape index (κ1) is 22.6. The molecule has 0 aliphatic carbocycles. The third kappa shape index (κ3) is 5.76. The number of benzene rings is 2. The van der Waals surface area contributed by atoms with Gasteiger partial charge in [-0.1, -0.05) is 25.5 Å². The summed E-state index contributed by atoms with van der Waals surface area (Å²) in [5, 5.41) is 0. The van der Waals surface area contributed by atoms with Crippen molar-refractivity contribution in [2.24, 2.45) is 0 Å². The van der Waals surface area contributed by atoms with Gasteiger partial charge in [-0.25, -0.2) is 4.39 Å². The number of aryl methyl sites for hydroxylation is 1. The Labute approximate surface area is 168 Å². The zero-order valence-corrected chi connectivity index (χ0v) is 16.8. The Kier molecular flexibility index (Phi) is 9.20. The quantitative estimate of drug-likeness (QED) is 0.749. The summed E-state index contributed by atoms with van der Waals surface area (Å²) in [7, 11) is 0. The van der Waals surface area contributed by atoms with Crippen LogP contribution in [0.2, 0.25) is 0 Å². The third-order valence-electron chi connectivity index (χ3n) is 4.70. The Balaban J connectivity index is 0.00000169. The molecule has 3 nitrogen and oxygen atoms in total. The average molecular weight is 400 g/mol. The molecule has 2 aromatic carbocycles.